The molecular formula is C21H24F3N3O4. The second-order valence-corrected chi connectivity index (χ2v) is 7.67. The van der Waals surface area contributed by atoms with Crippen molar-refractivity contribution >= 4 is 5.97 Å². The largest absolute Gasteiger partial charge is 0.490 e. The van der Waals surface area contributed by atoms with E-state index in [2.05, 4.69) is 46.1 Å². The number of aliphatic carboxylic acids is 1. The Bertz CT molecular complexity index is 874. The summed E-state index contributed by atoms with van der Waals surface area (Å²) in [6.45, 7) is 5.85. The average Bonchev–Trinajstić information content (AvgIpc) is 2.69. The minimum atomic E-state index is -5.08. The predicted molar refractivity (Wildman–Crippen MR) is 105 cm³/mol. The molecule has 0 bridgehead atoms. The van der Waals surface area contributed by atoms with Gasteiger partial charge < -0.3 is 14.6 Å². The fourth-order valence-corrected chi connectivity index (χ4v) is 3.71. The molecule has 2 fully saturated rings. The van der Waals surface area contributed by atoms with Crippen LogP contribution in [0, 0.1) is 6.92 Å². The van der Waals surface area contributed by atoms with E-state index in [1.165, 1.54) is 11.1 Å². The Morgan fingerprint density at radius 3 is 2.52 bits per heavy atom. The third-order valence-corrected chi connectivity index (χ3v) is 5.18. The Morgan fingerprint density at radius 1 is 1.26 bits per heavy atom. The highest BCUT2D eigenvalue weighted by Gasteiger charge is 2.48. The van der Waals surface area contributed by atoms with E-state index in [4.69, 9.17) is 19.4 Å². The molecule has 0 radical (unpaired) electrons. The Morgan fingerprint density at radius 2 is 1.90 bits per heavy atom. The van der Waals surface area contributed by atoms with Crippen LogP contribution in [0.4, 0.5) is 13.2 Å². The molecule has 1 spiro atoms. The summed E-state index contributed by atoms with van der Waals surface area (Å²) >= 11 is 0. The lowest BCUT2D eigenvalue weighted by Crippen LogP contribution is -2.65. The third-order valence-electron chi connectivity index (χ3n) is 5.18. The van der Waals surface area contributed by atoms with E-state index in [9.17, 15) is 13.2 Å². The highest BCUT2D eigenvalue weighted by atomic mass is 19.4. The van der Waals surface area contributed by atoms with Gasteiger partial charge in [0.1, 0.15) is 6.10 Å². The molecule has 3 heterocycles. The van der Waals surface area contributed by atoms with Crippen LogP contribution in [0.15, 0.2) is 42.7 Å². The van der Waals surface area contributed by atoms with E-state index in [0.29, 0.717) is 6.01 Å². The maximum atomic E-state index is 10.6. The number of alkyl halides is 3. The van der Waals surface area contributed by atoms with Gasteiger partial charge in [0.2, 0.25) is 0 Å². The molecule has 1 atom stereocenters. The first-order valence-corrected chi connectivity index (χ1v) is 9.81. The van der Waals surface area contributed by atoms with Crippen molar-refractivity contribution in [1.29, 1.82) is 0 Å². The number of hydrogen-bond acceptors (Lipinski definition) is 6. The summed E-state index contributed by atoms with van der Waals surface area (Å²) in [6, 6.07) is 10.9. The van der Waals surface area contributed by atoms with Gasteiger partial charge >= 0.3 is 18.2 Å². The number of carboxylic acids is 1. The number of hydrogen-bond donors (Lipinski definition) is 1. The molecule has 31 heavy (non-hydrogen) atoms. The first-order valence-electron chi connectivity index (χ1n) is 9.81. The van der Waals surface area contributed by atoms with Crippen molar-refractivity contribution in [3.8, 4) is 6.01 Å². The number of aromatic nitrogens is 2. The first kappa shape index (κ1) is 23.0. The zero-order valence-corrected chi connectivity index (χ0v) is 17.0. The van der Waals surface area contributed by atoms with Crippen LogP contribution in [0.1, 0.15) is 24.0 Å². The van der Waals surface area contributed by atoms with Crippen LogP contribution in [0.5, 0.6) is 6.01 Å². The van der Waals surface area contributed by atoms with Crippen LogP contribution < -0.4 is 4.74 Å². The van der Waals surface area contributed by atoms with Gasteiger partial charge in [-0.05, 0) is 24.1 Å². The maximum absolute atomic E-state index is 10.6. The molecule has 2 aliphatic rings. The van der Waals surface area contributed by atoms with Crippen LogP contribution in [0.3, 0.4) is 0 Å². The van der Waals surface area contributed by atoms with Gasteiger partial charge in [-0.25, -0.2) is 14.8 Å². The number of halogens is 3. The van der Waals surface area contributed by atoms with Crippen molar-refractivity contribution in [3.63, 3.8) is 0 Å². The number of aryl methyl sites for hydroxylation is 1. The summed E-state index contributed by atoms with van der Waals surface area (Å²) in [7, 11) is 0. The van der Waals surface area contributed by atoms with Crippen LogP contribution in [0.25, 0.3) is 0 Å². The summed E-state index contributed by atoms with van der Waals surface area (Å²) in [5.74, 6) is -2.76. The highest BCUT2D eigenvalue weighted by molar-refractivity contribution is 5.73. The van der Waals surface area contributed by atoms with Gasteiger partial charge in [0.25, 0.3) is 0 Å². The van der Waals surface area contributed by atoms with Crippen molar-refractivity contribution in [2.24, 2.45) is 0 Å². The van der Waals surface area contributed by atoms with Crippen LogP contribution in [0.2, 0.25) is 0 Å². The molecule has 0 amide bonds. The summed E-state index contributed by atoms with van der Waals surface area (Å²) in [6.07, 6.45) is 0.296. The van der Waals surface area contributed by atoms with Crippen LogP contribution in [-0.4, -0.2) is 63.5 Å². The monoisotopic (exact) mass is 439 g/mol. The fourth-order valence-electron chi connectivity index (χ4n) is 3.71. The molecule has 1 N–H and O–H groups in total. The molecule has 0 aliphatic carbocycles. The number of rotatable bonds is 4. The summed E-state index contributed by atoms with van der Waals surface area (Å²) < 4.78 is 43.8. The molecule has 0 saturated carbocycles. The molecule has 2 saturated heterocycles. The van der Waals surface area contributed by atoms with Crippen molar-refractivity contribution in [1.82, 2.24) is 14.9 Å². The fraction of sp³-hybridized carbons (Fsp3) is 0.476. The molecule has 7 nitrogen and oxygen atoms in total. The molecule has 4 rings (SSSR count). The van der Waals surface area contributed by atoms with Crippen molar-refractivity contribution in [2.45, 2.75) is 44.2 Å². The number of likely N-dealkylation sites (tertiary alicyclic amines) is 1. The Hall–Kier alpha value is -2.72. The Balaban J connectivity index is 0.000000339. The standard InChI is InChI=1S/C19H23N3O2.C2HF3O2/c1-15-5-2-3-6-16(15)12-22-13-19(14-22)11-17(7-10-23-19)24-18-20-8-4-9-21-18;3-2(4,5)1(6)7/h2-6,8-9,17H,7,10-14H2,1H3;(H,6,7). The number of carbonyl (C=O) groups is 1. The van der Waals surface area contributed by atoms with E-state index in [1.807, 2.05) is 0 Å². The molecule has 1 aromatic heterocycles. The Kier molecular flexibility index (Phi) is 7.11. The second-order valence-electron chi connectivity index (χ2n) is 7.67. The van der Waals surface area contributed by atoms with Gasteiger partial charge in [0.15, 0.2) is 0 Å². The van der Waals surface area contributed by atoms with Gasteiger partial charge in [0, 0.05) is 44.9 Å². The molecule has 10 heteroatoms. The highest BCUT2D eigenvalue weighted by Crippen LogP contribution is 2.36. The molecular weight excluding hydrogens is 415 g/mol. The topological polar surface area (TPSA) is 84.8 Å². The lowest BCUT2D eigenvalue weighted by Gasteiger charge is -2.53. The molecule has 2 aromatic rings. The SMILES string of the molecule is Cc1ccccc1CN1CC2(CC(Oc3ncccn3)CCO2)C1.O=C(O)C(F)(F)F. The number of carboxylic acid groups (broad SMARTS) is 1. The van der Waals surface area contributed by atoms with Crippen LogP contribution in [-0.2, 0) is 16.1 Å². The molecule has 1 aromatic carbocycles. The zero-order chi connectivity index (χ0) is 22.5. The smallest absolute Gasteiger partial charge is 0.475 e. The maximum Gasteiger partial charge on any atom is 0.490 e. The predicted octanol–water partition coefficient (Wildman–Crippen LogP) is 3.23. The number of ether oxygens (including phenoxy) is 2. The molecule has 1 unspecified atom stereocenters. The van der Waals surface area contributed by atoms with Crippen molar-refractivity contribution < 1.29 is 32.5 Å². The van der Waals surface area contributed by atoms with Gasteiger partial charge in [-0.1, -0.05) is 24.3 Å². The first-order chi connectivity index (χ1) is 14.7. The van der Waals surface area contributed by atoms with E-state index in [1.54, 1.807) is 18.5 Å². The lowest BCUT2D eigenvalue weighted by atomic mass is 9.84. The van der Waals surface area contributed by atoms with Gasteiger partial charge in [-0.15, -0.1) is 0 Å². The van der Waals surface area contributed by atoms with Crippen molar-refractivity contribution in [2.75, 3.05) is 19.7 Å². The minimum Gasteiger partial charge on any atom is -0.475 e. The van der Waals surface area contributed by atoms with Gasteiger partial charge in [-0.2, -0.15) is 13.2 Å². The quantitative estimate of drug-likeness (QED) is 0.783. The minimum absolute atomic E-state index is 0.0552. The van der Waals surface area contributed by atoms with Crippen LogP contribution >= 0.6 is 0 Å². The zero-order valence-electron chi connectivity index (χ0n) is 17.0. The normalized spacial score (nSPS) is 20.3. The van der Waals surface area contributed by atoms with Gasteiger partial charge in [-0.3, -0.25) is 4.90 Å². The number of nitrogens with zero attached hydrogens (tertiary/aromatic N) is 3. The summed E-state index contributed by atoms with van der Waals surface area (Å²) in [4.78, 5) is 19.7. The Labute approximate surface area is 177 Å². The molecule has 168 valence electrons. The van der Waals surface area contributed by atoms with E-state index in [-0.39, 0.29) is 11.7 Å². The second kappa shape index (κ2) is 9.61. The summed E-state index contributed by atoms with van der Waals surface area (Å²) in [5, 5.41) is 7.12. The third kappa shape index (κ3) is 6.38. The number of benzene rings is 1. The van der Waals surface area contributed by atoms with E-state index >= 15 is 0 Å². The van der Waals surface area contributed by atoms with Crippen molar-refractivity contribution in [3.05, 3.63) is 53.9 Å². The van der Waals surface area contributed by atoms with E-state index in [0.717, 1.165) is 39.1 Å². The molecule has 2 aliphatic heterocycles. The van der Waals surface area contributed by atoms with Gasteiger partial charge in [0.05, 0.1) is 12.2 Å². The summed E-state index contributed by atoms with van der Waals surface area (Å²) in [5.41, 5.74) is 2.69. The lowest BCUT2D eigenvalue weighted by molar-refractivity contribution is -0.192. The van der Waals surface area contributed by atoms with E-state index < -0.39 is 12.1 Å². The average molecular weight is 439 g/mol.